The van der Waals surface area contributed by atoms with E-state index in [1.54, 1.807) is 19.1 Å². The number of morpholine rings is 1. The van der Waals surface area contributed by atoms with Crippen molar-refractivity contribution in [1.29, 1.82) is 0 Å². The second-order valence-electron chi connectivity index (χ2n) is 8.34. The van der Waals surface area contributed by atoms with Gasteiger partial charge in [-0.3, -0.25) is 14.4 Å². The fourth-order valence-corrected chi connectivity index (χ4v) is 3.28. The third-order valence-corrected chi connectivity index (χ3v) is 5.59. The molecule has 0 aromatic heterocycles. The Hall–Kier alpha value is -3.50. The molecule has 9 nitrogen and oxygen atoms in total. The summed E-state index contributed by atoms with van der Waals surface area (Å²) in [6.07, 6.45) is 2.73. The van der Waals surface area contributed by atoms with E-state index in [2.05, 4.69) is 27.5 Å². The molecule has 3 amide bonds. The first-order valence-corrected chi connectivity index (χ1v) is 12.1. The van der Waals surface area contributed by atoms with E-state index in [4.69, 9.17) is 9.47 Å². The van der Waals surface area contributed by atoms with Gasteiger partial charge in [-0.2, -0.15) is 0 Å². The van der Waals surface area contributed by atoms with Gasteiger partial charge < -0.3 is 29.7 Å². The smallest absolute Gasteiger partial charge is 0.251 e. The Bertz CT molecular complexity index is 975. The summed E-state index contributed by atoms with van der Waals surface area (Å²) in [6, 6.07) is 13.6. The Morgan fingerprint density at radius 1 is 1.00 bits per heavy atom. The van der Waals surface area contributed by atoms with Crippen molar-refractivity contribution in [3.05, 3.63) is 65.5 Å². The predicted molar refractivity (Wildman–Crippen MR) is 137 cm³/mol. The first-order valence-electron chi connectivity index (χ1n) is 12.1. The molecule has 1 aliphatic carbocycles. The number of rotatable bonds is 7. The van der Waals surface area contributed by atoms with Gasteiger partial charge in [-0.25, -0.2) is 4.39 Å². The van der Waals surface area contributed by atoms with Crippen molar-refractivity contribution in [2.75, 3.05) is 60.7 Å². The molecular weight excluding hydrogens is 481 g/mol. The molecular formula is C27H36FN3O6. The van der Waals surface area contributed by atoms with Crippen LogP contribution in [-0.4, -0.2) is 83.3 Å². The van der Waals surface area contributed by atoms with Gasteiger partial charge in [0.25, 0.3) is 5.91 Å². The normalized spacial score (nSPS) is 14.2. The van der Waals surface area contributed by atoms with Gasteiger partial charge in [0.1, 0.15) is 18.2 Å². The monoisotopic (exact) mass is 517 g/mol. The van der Waals surface area contributed by atoms with E-state index in [0.717, 1.165) is 11.7 Å². The third-order valence-electron chi connectivity index (χ3n) is 5.59. The molecule has 2 aliphatic rings. The number of carbonyl (C=O) groups excluding carboxylic acids is 3. The van der Waals surface area contributed by atoms with Gasteiger partial charge in [0.15, 0.2) is 0 Å². The van der Waals surface area contributed by atoms with E-state index >= 15 is 0 Å². The Kier molecular flexibility index (Phi) is 13.1. The quantitative estimate of drug-likeness (QED) is 0.584. The molecule has 10 heteroatoms. The van der Waals surface area contributed by atoms with Gasteiger partial charge in [-0.05, 0) is 60.7 Å². The maximum absolute atomic E-state index is 12.7. The molecule has 1 aliphatic heterocycles. The molecule has 202 valence electrons. The highest BCUT2D eigenvalue weighted by Gasteiger charge is 2.22. The van der Waals surface area contributed by atoms with Crippen molar-refractivity contribution in [2.24, 2.45) is 0 Å². The summed E-state index contributed by atoms with van der Waals surface area (Å²) in [5.41, 5.74) is 1.79. The molecule has 0 unspecified atom stereocenters. The zero-order valence-corrected chi connectivity index (χ0v) is 21.6. The molecule has 0 atom stereocenters. The van der Waals surface area contributed by atoms with Gasteiger partial charge in [0.05, 0.1) is 26.9 Å². The van der Waals surface area contributed by atoms with E-state index in [9.17, 15) is 18.8 Å². The molecule has 0 radical (unpaired) electrons. The van der Waals surface area contributed by atoms with E-state index in [1.807, 2.05) is 12.1 Å². The summed E-state index contributed by atoms with van der Waals surface area (Å²) in [5.74, 6) is 0.777. The van der Waals surface area contributed by atoms with Crippen LogP contribution in [0.2, 0.25) is 0 Å². The average Bonchev–Trinajstić information content (AvgIpc) is 3.79. The Morgan fingerprint density at radius 3 is 2.11 bits per heavy atom. The maximum atomic E-state index is 12.7. The molecule has 1 heterocycles. The van der Waals surface area contributed by atoms with Gasteiger partial charge in [-0.1, -0.05) is 12.1 Å². The first-order chi connectivity index (χ1) is 17.9. The minimum absolute atomic E-state index is 0.0593. The lowest BCUT2D eigenvalue weighted by Crippen LogP contribution is -2.45. The van der Waals surface area contributed by atoms with Gasteiger partial charge >= 0.3 is 0 Å². The molecule has 1 saturated heterocycles. The zero-order chi connectivity index (χ0) is 27.0. The summed E-state index contributed by atoms with van der Waals surface area (Å²) in [6.45, 7) is 2.23. The SMILES string of the molecule is CNC(=O)COC.COc1ccc(C2CC2)cc1.O=C(NCC(=O)N1CCOCC1)c1ccc(F)cc1. The lowest BCUT2D eigenvalue weighted by Gasteiger charge is -2.26. The topological polar surface area (TPSA) is 106 Å². The zero-order valence-electron chi connectivity index (χ0n) is 21.6. The molecule has 0 spiro atoms. The molecule has 2 aromatic carbocycles. The second-order valence-corrected chi connectivity index (χ2v) is 8.34. The van der Waals surface area contributed by atoms with Crippen LogP contribution in [-0.2, 0) is 19.1 Å². The number of halogens is 1. The number of hydrogen-bond donors (Lipinski definition) is 2. The van der Waals surface area contributed by atoms with Gasteiger partial charge in [0.2, 0.25) is 11.8 Å². The van der Waals surface area contributed by atoms with Crippen LogP contribution in [0.15, 0.2) is 48.5 Å². The first kappa shape index (κ1) is 29.7. The third kappa shape index (κ3) is 11.4. The fraction of sp³-hybridized carbons (Fsp3) is 0.444. The number of methoxy groups -OCH3 is 2. The largest absolute Gasteiger partial charge is 0.497 e. The summed E-state index contributed by atoms with van der Waals surface area (Å²) in [5, 5.41) is 4.92. The van der Waals surface area contributed by atoms with Crippen LogP contribution in [0.4, 0.5) is 4.39 Å². The van der Waals surface area contributed by atoms with Crippen LogP contribution in [0.25, 0.3) is 0 Å². The minimum Gasteiger partial charge on any atom is -0.497 e. The van der Waals surface area contributed by atoms with Gasteiger partial charge in [-0.15, -0.1) is 0 Å². The number of amides is 3. The van der Waals surface area contributed by atoms with Crippen molar-refractivity contribution in [3.8, 4) is 5.75 Å². The maximum Gasteiger partial charge on any atom is 0.251 e. The van der Waals surface area contributed by atoms with Crippen molar-refractivity contribution in [3.63, 3.8) is 0 Å². The standard InChI is InChI=1S/C13H15FN2O3.C10H12O.C4H9NO2/c14-11-3-1-10(2-4-11)13(18)15-9-12(17)16-5-7-19-8-6-16;1-11-10-6-4-9(5-7-10)8-2-3-8;1-5-4(6)3-7-2/h1-4H,5-9H2,(H,15,18);4-8H,2-3H2,1H3;3H2,1-2H3,(H,5,6). The number of nitrogens with zero attached hydrogens (tertiary/aromatic N) is 1. The molecule has 2 fully saturated rings. The van der Waals surface area contributed by atoms with Crippen molar-refractivity contribution >= 4 is 17.7 Å². The van der Waals surface area contributed by atoms with Crippen molar-refractivity contribution < 1.29 is 33.0 Å². The van der Waals surface area contributed by atoms with Crippen LogP contribution in [0.1, 0.15) is 34.7 Å². The van der Waals surface area contributed by atoms with E-state index in [0.29, 0.717) is 31.9 Å². The summed E-state index contributed by atoms with van der Waals surface area (Å²) < 4.78 is 27.4. The van der Waals surface area contributed by atoms with Crippen LogP contribution >= 0.6 is 0 Å². The fourth-order valence-electron chi connectivity index (χ4n) is 3.28. The number of likely N-dealkylation sites (N-methyl/N-ethyl adjacent to an activating group) is 1. The number of hydrogen-bond acceptors (Lipinski definition) is 6. The number of benzene rings is 2. The number of carbonyl (C=O) groups is 3. The predicted octanol–water partition coefficient (Wildman–Crippen LogP) is 2.37. The molecule has 0 bridgehead atoms. The van der Waals surface area contributed by atoms with Crippen LogP contribution in [0.3, 0.4) is 0 Å². The lowest BCUT2D eigenvalue weighted by atomic mass is 10.1. The van der Waals surface area contributed by atoms with E-state index < -0.39 is 5.82 Å². The molecule has 2 aromatic rings. The molecule has 2 N–H and O–H groups in total. The lowest BCUT2D eigenvalue weighted by molar-refractivity contribution is -0.134. The highest BCUT2D eigenvalue weighted by atomic mass is 19.1. The van der Waals surface area contributed by atoms with Crippen molar-refractivity contribution in [2.45, 2.75) is 18.8 Å². The molecule has 37 heavy (non-hydrogen) atoms. The number of ether oxygens (including phenoxy) is 3. The summed E-state index contributed by atoms with van der Waals surface area (Å²) in [7, 11) is 4.75. The van der Waals surface area contributed by atoms with Crippen LogP contribution in [0.5, 0.6) is 5.75 Å². The Balaban J connectivity index is 0.000000225. The number of nitrogens with one attached hydrogen (secondary N) is 2. The van der Waals surface area contributed by atoms with Crippen LogP contribution in [0, 0.1) is 5.82 Å². The summed E-state index contributed by atoms with van der Waals surface area (Å²) in [4.78, 5) is 35.3. The summed E-state index contributed by atoms with van der Waals surface area (Å²) >= 11 is 0. The highest BCUT2D eigenvalue weighted by Crippen LogP contribution is 2.40. The molecule has 1 saturated carbocycles. The van der Waals surface area contributed by atoms with Crippen molar-refractivity contribution in [1.82, 2.24) is 15.5 Å². The van der Waals surface area contributed by atoms with E-state index in [1.165, 1.54) is 49.8 Å². The average molecular weight is 518 g/mol. The Labute approximate surface area is 217 Å². The molecule has 4 rings (SSSR count). The van der Waals surface area contributed by atoms with Crippen LogP contribution < -0.4 is 15.4 Å². The Morgan fingerprint density at radius 2 is 1.62 bits per heavy atom. The second kappa shape index (κ2) is 16.3. The highest BCUT2D eigenvalue weighted by molar-refractivity contribution is 5.96. The van der Waals surface area contributed by atoms with E-state index in [-0.39, 0.29) is 30.9 Å². The minimum atomic E-state index is -0.402. The van der Waals surface area contributed by atoms with Gasteiger partial charge in [0, 0.05) is 32.8 Å².